The second-order valence-corrected chi connectivity index (χ2v) is 9.57. The maximum Gasteiger partial charge on any atom is 0.258 e. The normalized spacial score (nSPS) is 13.6. The van der Waals surface area contributed by atoms with Gasteiger partial charge in [0.25, 0.3) is 11.8 Å². The van der Waals surface area contributed by atoms with Crippen molar-refractivity contribution in [3.05, 3.63) is 125 Å². The lowest BCUT2D eigenvalue weighted by atomic mass is 9.98. The van der Waals surface area contributed by atoms with Gasteiger partial charge in [0.1, 0.15) is 5.82 Å². The topological polar surface area (TPSA) is 86.4 Å². The number of carbonyl (C=O) groups excluding carboxylic acids is 2. The molecule has 0 aliphatic carbocycles. The first-order chi connectivity index (χ1) is 18.9. The Bertz CT molecular complexity index is 1550. The van der Waals surface area contributed by atoms with Gasteiger partial charge in [0.05, 0.1) is 17.0 Å². The predicted octanol–water partition coefficient (Wildman–Crippen LogP) is 5.14. The number of fused-ring (bicyclic) bond motifs is 1. The monoisotopic (exact) mass is 521 g/mol. The van der Waals surface area contributed by atoms with E-state index in [-0.39, 0.29) is 11.8 Å². The summed E-state index contributed by atoms with van der Waals surface area (Å²) in [6.45, 7) is 1.10. The van der Waals surface area contributed by atoms with Crippen LogP contribution in [0.2, 0.25) is 0 Å². The quantitative estimate of drug-likeness (QED) is 0.280. The number of nitrogens with zero attached hydrogens (tertiary/aromatic N) is 2. The molecule has 3 N–H and O–H groups in total. The number of hydrogen-bond acceptors (Lipinski definition) is 5. The van der Waals surface area contributed by atoms with Crippen LogP contribution >= 0.6 is 0 Å². The van der Waals surface area contributed by atoms with E-state index in [1.54, 1.807) is 30.6 Å². The Morgan fingerprint density at radius 2 is 1.69 bits per heavy atom. The summed E-state index contributed by atoms with van der Waals surface area (Å²) in [6.07, 6.45) is 3.14. The van der Waals surface area contributed by atoms with Crippen LogP contribution in [0.25, 0.3) is 11.3 Å². The van der Waals surface area contributed by atoms with Gasteiger partial charge in [0.15, 0.2) is 0 Å². The zero-order chi connectivity index (χ0) is 27.4. The molecule has 2 amide bonds. The lowest BCUT2D eigenvalue weighted by Crippen LogP contribution is -2.22. The average Bonchev–Trinajstić information content (AvgIpc) is 3.26. The molecule has 0 atom stereocenters. The van der Waals surface area contributed by atoms with Crippen LogP contribution in [0, 0.1) is 5.82 Å². The summed E-state index contributed by atoms with van der Waals surface area (Å²) < 4.78 is 13.9. The summed E-state index contributed by atoms with van der Waals surface area (Å²) in [7, 11) is 4.03. The fourth-order valence-electron chi connectivity index (χ4n) is 4.50. The number of benzene rings is 3. The van der Waals surface area contributed by atoms with Crippen molar-refractivity contribution in [1.82, 2.24) is 15.2 Å². The maximum atomic E-state index is 13.9. The third-order valence-corrected chi connectivity index (χ3v) is 6.31. The van der Waals surface area contributed by atoms with Crippen LogP contribution in [-0.4, -0.2) is 35.8 Å². The highest BCUT2D eigenvalue weighted by atomic mass is 19.1. The minimum absolute atomic E-state index is 0.205. The Labute approximate surface area is 226 Å². The second-order valence-electron chi connectivity index (χ2n) is 9.57. The third-order valence-electron chi connectivity index (χ3n) is 6.31. The van der Waals surface area contributed by atoms with Crippen LogP contribution in [0.5, 0.6) is 0 Å². The largest absolute Gasteiger partial charge is 0.354 e. The van der Waals surface area contributed by atoms with Crippen LogP contribution in [-0.2, 0) is 17.9 Å². The van der Waals surface area contributed by atoms with E-state index in [0.29, 0.717) is 34.6 Å². The molecular weight excluding hydrogens is 493 g/mol. The van der Waals surface area contributed by atoms with Crippen molar-refractivity contribution in [2.75, 3.05) is 24.7 Å². The standard InChI is InChI=1S/C31H28FN5O2/c1-37(2)19-20-6-9-25(10-7-20)35-29(28-26-11-8-24(32)17-27(26)36-31(28)39)23-5-3-4-21(16-23)18-34-30(38)22-12-14-33-15-13-22/h3-17,35H,18-19H2,1-2H3,(H,34,38)(H,36,39)/b29-28-. The molecule has 2 heterocycles. The SMILES string of the molecule is CN(C)Cc1ccc(N/C(=C2\C(=O)Nc3cc(F)ccc32)c2cccc(CNC(=O)c3ccncc3)c2)cc1. The molecule has 39 heavy (non-hydrogen) atoms. The minimum atomic E-state index is -0.423. The van der Waals surface area contributed by atoms with Crippen molar-refractivity contribution < 1.29 is 14.0 Å². The van der Waals surface area contributed by atoms with Crippen molar-refractivity contribution in [3.8, 4) is 0 Å². The molecule has 1 aliphatic rings. The Balaban J connectivity index is 1.50. The smallest absolute Gasteiger partial charge is 0.258 e. The molecule has 0 fully saturated rings. The maximum absolute atomic E-state index is 13.9. The highest BCUT2D eigenvalue weighted by molar-refractivity contribution is 6.37. The molecule has 0 bridgehead atoms. The van der Waals surface area contributed by atoms with Gasteiger partial charge in [0.2, 0.25) is 0 Å². The number of anilines is 2. The first-order valence-corrected chi connectivity index (χ1v) is 12.5. The van der Waals surface area contributed by atoms with Gasteiger partial charge in [-0.15, -0.1) is 0 Å². The van der Waals surface area contributed by atoms with Crippen molar-refractivity contribution >= 4 is 34.5 Å². The first-order valence-electron chi connectivity index (χ1n) is 12.5. The number of halogens is 1. The number of aromatic nitrogens is 1. The third kappa shape index (κ3) is 6.02. The number of carbonyl (C=O) groups is 2. The second kappa shape index (κ2) is 11.3. The van der Waals surface area contributed by atoms with E-state index in [4.69, 9.17) is 0 Å². The molecule has 4 aromatic rings. The predicted molar refractivity (Wildman–Crippen MR) is 151 cm³/mol. The van der Waals surface area contributed by atoms with Crippen molar-refractivity contribution in [2.45, 2.75) is 13.1 Å². The van der Waals surface area contributed by atoms with Gasteiger partial charge in [0, 0.05) is 42.3 Å². The van der Waals surface area contributed by atoms with Crippen molar-refractivity contribution in [1.29, 1.82) is 0 Å². The fourth-order valence-corrected chi connectivity index (χ4v) is 4.50. The molecule has 0 saturated carbocycles. The number of pyridine rings is 1. The first kappa shape index (κ1) is 25.8. The molecule has 7 nitrogen and oxygen atoms in total. The van der Waals surface area contributed by atoms with Gasteiger partial charge >= 0.3 is 0 Å². The Morgan fingerprint density at radius 1 is 0.923 bits per heavy atom. The highest BCUT2D eigenvalue weighted by Crippen LogP contribution is 2.38. The molecule has 196 valence electrons. The van der Waals surface area contributed by atoms with Crippen LogP contribution in [0.15, 0.2) is 91.3 Å². The number of hydrogen-bond donors (Lipinski definition) is 3. The Morgan fingerprint density at radius 3 is 2.44 bits per heavy atom. The van der Waals surface area contributed by atoms with Gasteiger partial charge in [-0.25, -0.2) is 4.39 Å². The molecule has 1 aromatic heterocycles. The molecule has 0 unspecified atom stereocenters. The van der Waals surface area contributed by atoms with E-state index in [0.717, 1.165) is 28.9 Å². The molecule has 1 aliphatic heterocycles. The van der Waals surface area contributed by atoms with Crippen molar-refractivity contribution in [3.63, 3.8) is 0 Å². The van der Waals surface area contributed by atoms with E-state index in [9.17, 15) is 14.0 Å². The Hall–Kier alpha value is -4.82. The molecule has 8 heteroatoms. The van der Waals surface area contributed by atoms with Crippen molar-refractivity contribution in [2.24, 2.45) is 0 Å². The van der Waals surface area contributed by atoms with E-state index in [1.807, 2.05) is 62.6 Å². The van der Waals surface area contributed by atoms with Crippen LogP contribution < -0.4 is 16.0 Å². The molecule has 0 spiro atoms. The van der Waals surface area contributed by atoms with E-state index >= 15 is 0 Å². The average molecular weight is 522 g/mol. The lowest BCUT2D eigenvalue weighted by molar-refractivity contribution is -0.110. The summed E-state index contributed by atoms with van der Waals surface area (Å²) in [5.74, 6) is -0.949. The summed E-state index contributed by atoms with van der Waals surface area (Å²) in [5.41, 5.74) is 6.14. The van der Waals surface area contributed by atoms with Crippen LogP contribution in [0.3, 0.4) is 0 Å². The highest BCUT2D eigenvalue weighted by Gasteiger charge is 2.29. The molecule has 3 aromatic carbocycles. The van der Waals surface area contributed by atoms with Gasteiger partial charge in [-0.2, -0.15) is 0 Å². The number of rotatable bonds is 8. The molecule has 0 radical (unpaired) electrons. The fraction of sp³-hybridized carbons (Fsp3) is 0.129. The van der Waals surface area contributed by atoms with E-state index in [2.05, 4.69) is 25.8 Å². The van der Waals surface area contributed by atoms with Gasteiger partial charge in [-0.1, -0.05) is 30.3 Å². The number of amides is 2. The van der Waals surface area contributed by atoms with E-state index in [1.165, 1.54) is 12.1 Å². The van der Waals surface area contributed by atoms with Gasteiger partial charge in [-0.05, 0) is 79.3 Å². The zero-order valence-electron chi connectivity index (χ0n) is 21.7. The molecule has 5 rings (SSSR count). The molecule has 0 saturated heterocycles. The van der Waals surface area contributed by atoms with Gasteiger partial charge < -0.3 is 20.9 Å². The summed E-state index contributed by atoms with van der Waals surface area (Å²) in [5, 5.41) is 9.15. The Kier molecular flexibility index (Phi) is 7.47. The lowest BCUT2D eigenvalue weighted by Gasteiger charge is -2.17. The van der Waals surface area contributed by atoms with Crippen LogP contribution in [0.1, 0.15) is 32.6 Å². The summed E-state index contributed by atoms with van der Waals surface area (Å²) in [4.78, 5) is 31.8. The minimum Gasteiger partial charge on any atom is -0.354 e. The summed E-state index contributed by atoms with van der Waals surface area (Å²) in [6, 6.07) is 23.2. The van der Waals surface area contributed by atoms with E-state index < -0.39 is 5.82 Å². The van der Waals surface area contributed by atoms with Gasteiger partial charge in [-0.3, -0.25) is 14.6 Å². The zero-order valence-corrected chi connectivity index (χ0v) is 21.7. The summed E-state index contributed by atoms with van der Waals surface area (Å²) >= 11 is 0. The molecular formula is C31H28FN5O2. The number of nitrogens with one attached hydrogen (secondary N) is 3. The van der Waals surface area contributed by atoms with Crippen LogP contribution in [0.4, 0.5) is 15.8 Å².